The van der Waals surface area contributed by atoms with Gasteiger partial charge in [-0.25, -0.2) is 8.42 Å². The summed E-state index contributed by atoms with van der Waals surface area (Å²) in [6.45, 7) is 6.80. The number of benzene rings is 2. The second kappa shape index (κ2) is 12.3. The van der Waals surface area contributed by atoms with Crippen LogP contribution in [0.3, 0.4) is 0 Å². The lowest BCUT2D eigenvalue weighted by Crippen LogP contribution is -2.52. The van der Waals surface area contributed by atoms with Gasteiger partial charge in [-0.15, -0.1) is 0 Å². The number of amides is 2. The molecule has 2 aromatic carbocycles. The summed E-state index contributed by atoms with van der Waals surface area (Å²) in [7, 11) is -2.27. The van der Waals surface area contributed by atoms with E-state index in [-0.39, 0.29) is 18.5 Å². The van der Waals surface area contributed by atoms with Crippen LogP contribution in [0.2, 0.25) is 5.02 Å². The molecule has 0 saturated heterocycles. The van der Waals surface area contributed by atoms with Crippen LogP contribution < -0.4 is 14.4 Å². The van der Waals surface area contributed by atoms with Crippen LogP contribution in [-0.2, 0) is 26.2 Å². The first-order valence-electron chi connectivity index (χ1n) is 11.3. The lowest BCUT2D eigenvalue weighted by molar-refractivity contribution is -0.139. The van der Waals surface area contributed by atoms with Crippen LogP contribution in [-0.4, -0.2) is 57.1 Å². The first-order chi connectivity index (χ1) is 16.4. The standard InChI is InChI=1S/C25H34ClN3O5S/c1-7-17(2)27-25(31)19(4)28(15-20-11-13-21(34-5)14-12-20)24(30)16-29(35(6,32)33)23-10-8-9-22(26)18(23)3/h8-14,17,19H,7,15-16H2,1-6H3,(H,27,31). The maximum atomic E-state index is 13.6. The minimum atomic E-state index is -3.83. The van der Waals surface area contributed by atoms with E-state index < -0.39 is 28.5 Å². The molecule has 0 spiro atoms. The molecule has 0 saturated carbocycles. The predicted octanol–water partition coefficient (Wildman–Crippen LogP) is 3.76. The maximum absolute atomic E-state index is 13.6. The van der Waals surface area contributed by atoms with Crippen LogP contribution in [0.25, 0.3) is 0 Å². The largest absolute Gasteiger partial charge is 0.497 e. The van der Waals surface area contributed by atoms with Crippen molar-refractivity contribution < 1.29 is 22.7 Å². The Morgan fingerprint density at radius 1 is 1.11 bits per heavy atom. The summed E-state index contributed by atoms with van der Waals surface area (Å²) in [5.74, 6) is -0.169. The van der Waals surface area contributed by atoms with Crippen LogP contribution in [0, 0.1) is 6.92 Å². The minimum Gasteiger partial charge on any atom is -0.497 e. The Balaban J connectivity index is 2.42. The van der Waals surface area contributed by atoms with E-state index in [1.54, 1.807) is 63.4 Å². The molecular formula is C25H34ClN3O5S. The molecule has 0 aliphatic heterocycles. The molecule has 10 heteroatoms. The van der Waals surface area contributed by atoms with Crippen LogP contribution in [0.4, 0.5) is 5.69 Å². The summed E-state index contributed by atoms with van der Waals surface area (Å²) >= 11 is 6.21. The van der Waals surface area contributed by atoms with E-state index in [2.05, 4.69) is 5.32 Å². The SMILES string of the molecule is CCC(C)NC(=O)C(C)N(Cc1ccc(OC)cc1)C(=O)CN(c1cccc(Cl)c1C)S(C)(=O)=O. The molecule has 0 radical (unpaired) electrons. The van der Waals surface area contributed by atoms with Gasteiger partial charge in [-0.05, 0) is 62.6 Å². The smallest absolute Gasteiger partial charge is 0.244 e. The van der Waals surface area contributed by atoms with Gasteiger partial charge in [0.15, 0.2) is 0 Å². The van der Waals surface area contributed by atoms with Crippen LogP contribution in [0.15, 0.2) is 42.5 Å². The Hall–Kier alpha value is -2.78. The molecule has 0 aliphatic carbocycles. The van der Waals surface area contributed by atoms with Gasteiger partial charge in [-0.1, -0.05) is 36.7 Å². The van der Waals surface area contributed by atoms with Crippen molar-refractivity contribution in [2.24, 2.45) is 0 Å². The fourth-order valence-electron chi connectivity index (χ4n) is 3.44. The number of carbonyl (C=O) groups excluding carboxylic acids is 2. The summed E-state index contributed by atoms with van der Waals surface area (Å²) in [4.78, 5) is 27.9. The molecule has 0 fully saturated rings. The molecule has 35 heavy (non-hydrogen) atoms. The van der Waals surface area contributed by atoms with E-state index in [4.69, 9.17) is 16.3 Å². The molecule has 192 valence electrons. The molecule has 2 unspecified atom stereocenters. The van der Waals surface area contributed by atoms with E-state index in [0.29, 0.717) is 22.0 Å². The second-order valence-electron chi connectivity index (χ2n) is 8.52. The lowest BCUT2D eigenvalue weighted by atomic mass is 10.1. The molecule has 2 aromatic rings. The number of nitrogens with zero attached hydrogens (tertiary/aromatic N) is 2. The second-order valence-corrected chi connectivity index (χ2v) is 10.8. The molecule has 2 atom stereocenters. The fourth-order valence-corrected chi connectivity index (χ4v) is 4.51. The number of ether oxygens (including phenoxy) is 1. The van der Waals surface area contributed by atoms with Crippen molar-refractivity contribution in [3.8, 4) is 5.75 Å². The van der Waals surface area contributed by atoms with E-state index in [9.17, 15) is 18.0 Å². The quantitative estimate of drug-likeness (QED) is 0.484. The summed E-state index contributed by atoms with van der Waals surface area (Å²) in [5, 5.41) is 3.29. The molecule has 0 aliphatic rings. The highest BCUT2D eigenvalue weighted by Crippen LogP contribution is 2.28. The Bertz CT molecular complexity index is 1140. The maximum Gasteiger partial charge on any atom is 0.244 e. The number of methoxy groups -OCH3 is 1. The summed E-state index contributed by atoms with van der Waals surface area (Å²) < 4.78 is 31.6. The van der Waals surface area contributed by atoms with Gasteiger partial charge >= 0.3 is 0 Å². The predicted molar refractivity (Wildman–Crippen MR) is 139 cm³/mol. The molecule has 8 nitrogen and oxygen atoms in total. The van der Waals surface area contributed by atoms with E-state index in [1.807, 2.05) is 13.8 Å². The van der Waals surface area contributed by atoms with Gasteiger partial charge in [-0.3, -0.25) is 13.9 Å². The van der Waals surface area contributed by atoms with E-state index in [0.717, 1.165) is 22.5 Å². The van der Waals surface area contributed by atoms with E-state index in [1.165, 1.54) is 4.90 Å². The van der Waals surface area contributed by atoms with E-state index >= 15 is 0 Å². The molecular weight excluding hydrogens is 490 g/mol. The third-order valence-corrected chi connectivity index (χ3v) is 7.40. The fraction of sp³-hybridized carbons (Fsp3) is 0.440. The first kappa shape index (κ1) is 28.5. The van der Waals surface area contributed by atoms with Crippen molar-refractivity contribution in [3.05, 3.63) is 58.6 Å². The van der Waals surface area contributed by atoms with Gasteiger partial charge in [0.25, 0.3) is 0 Å². The summed E-state index contributed by atoms with van der Waals surface area (Å²) in [6.07, 6.45) is 1.77. The molecule has 2 amide bonds. The lowest BCUT2D eigenvalue weighted by Gasteiger charge is -2.32. The van der Waals surface area contributed by atoms with Crippen molar-refractivity contribution in [1.82, 2.24) is 10.2 Å². The Morgan fingerprint density at radius 2 is 1.74 bits per heavy atom. The van der Waals surface area contributed by atoms with Gasteiger partial charge in [0, 0.05) is 17.6 Å². The van der Waals surface area contributed by atoms with Crippen LogP contribution >= 0.6 is 11.6 Å². The van der Waals surface area contributed by atoms with Crippen LogP contribution in [0.5, 0.6) is 5.75 Å². The van der Waals surface area contributed by atoms with Gasteiger partial charge in [0.05, 0.1) is 19.1 Å². The zero-order valence-electron chi connectivity index (χ0n) is 21.0. The topological polar surface area (TPSA) is 96.0 Å². The van der Waals surface area contributed by atoms with Crippen LogP contribution in [0.1, 0.15) is 38.3 Å². The Labute approximate surface area is 213 Å². The molecule has 0 aromatic heterocycles. The van der Waals surface area contributed by atoms with Crippen molar-refractivity contribution in [1.29, 1.82) is 0 Å². The number of carbonyl (C=O) groups is 2. The Kier molecular flexibility index (Phi) is 9.97. The van der Waals surface area contributed by atoms with Gasteiger partial charge in [-0.2, -0.15) is 0 Å². The summed E-state index contributed by atoms with van der Waals surface area (Å²) in [6, 6.07) is 11.1. The van der Waals surface area contributed by atoms with Gasteiger partial charge < -0.3 is 15.0 Å². The molecule has 0 bridgehead atoms. The average molecular weight is 524 g/mol. The summed E-state index contributed by atoms with van der Waals surface area (Å²) in [5.41, 5.74) is 1.62. The highest BCUT2D eigenvalue weighted by Gasteiger charge is 2.31. The molecule has 1 N–H and O–H groups in total. The number of nitrogens with one attached hydrogen (secondary N) is 1. The minimum absolute atomic E-state index is 0.0653. The third kappa shape index (κ3) is 7.60. The number of rotatable bonds is 11. The van der Waals surface area contributed by atoms with Crippen molar-refractivity contribution in [2.45, 2.75) is 52.7 Å². The van der Waals surface area contributed by atoms with Crippen molar-refractivity contribution >= 4 is 39.1 Å². The molecule has 2 rings (SSSR count). The Morgan fingerprint density at radius 3 is 2.29 bits per heavy atom. The zero-order valence-corrected chi connectivity index (χ0v) is 22.6. The highest BCUT2D eigenvalue weighted by atomic mass is 35.5. The number of hydrogen-bond donors (Lipinski definition) is 1. The number of hydrogen-bond acceptors (Lipinski definition) is 5. The monoisotopic (exact) mass is 523 g/mol. The number of halogens is 1. The van der Waals surface area contributed by atoms with Gasteiger partial charge in [0.1, 0.15) is 18.3 Å². The third-order valence-electron chi connectivity index (χ3n) is 5.87. The normalized spacial score (nSPS) is 13.0. The number of anilines is 1. The highest BCUT2D eigenvalue weighted by molar-refractivity contribution is 7.92. The zero-order chi connectivity index (χ0) is 26.3. The van der Waals surface area contributed by atoms with Gasteiger partial charge in [0.2, 0.25) is 21.8 Å². The van der Waals surface area contributed by atoms with Crippen molar-refractivity contribution in [2.75, 3.05) is 24.2 Å². The number of sulfonamides is 1. The first-order valence-corrected chi connectivity index (χ1v) is 13.6. The average Bonchev–Trinajstić information content (AvgIpc) is 2.81. The van der Waals surface area contributed by atoms with Crippen molar-refractivity contribution in [3.63, 3.8) is 0 Å². The molecule has 0 heterocycles.